The summed E-state index contributed by atoms with van der Waals surface area (Å²) in [5.41, 5.74) is 14.9. The Morgan fingerprint density at radius 3 is 2.14 bits per heavy atom. The van der Waals surface area contributed by atoms with E-state index in [0.717, 1.165) is 41.4 Å². The number of aliphatic hydroxyl groups is 1. The van der Waals surface area contributed by atoms with E-state index in [0.29, 0.717) is 5.92 Å². The maximum Gasteiger partial charge on any atom is 0.158 e. The molecule has 206 valence electrons. The molecule has 0 saturated carbocycles. The van der Waals surface area contributed by atoms with E-state index in [-0.39, 0.29) is 0 Å². The first-order valence-corrected chi connectivity index (χ1v) is 15.4. The highest BCUT2D eigenvalue weighted by atomic mass is 16.3. The van der Waals surface area contributed by atoms with Gasteiger partial charge in [0.1, 0.15) is 0 Å². The molecule has 2 unspecified atom stereocenters. The van der Waals surface area contributed by atoms with Gasteiger partial charge in [0.2, 0.25) is 0 Å². The third kappa shape index (κ3) is 3.77. The summed E-state index contributed by atoms with van der Waals surface area (Å²) in [4.78, 5) is 0. The number of para-hydroxylation sites is 1. The van der Waals surface area contributed by atoms with E-state index in [9.17, 15) is 5.11 Å². The summed E-state index contributed by atoms with van der Waals surface area (Å²) in [5, 5.41) is 13.9. The fourth-order valence-electron chi connectivity index (χ4n) is 7.77. The van der Waals surface area contributed by atoms with Crippen molar-refractivity contribution in [1.29, 1.82) is 0 Å². The minimum absolute atomic E-state index is 0.518. The zero-order valence-corrected chi connectivity index (χ0v) is 23.9. The molecule has 0 radical (unpaired) electrons. The number of rotatable bonds is 4. The molecule has 0 bridgehead atoms. The van der Waals surface area contributed by atoms with Gasteiger partial charge in [0.05, 0.1) is 11.0 Å². The lowest BCUT2D eigenvalue weighted by Crippen LogP contribution is -2.15. The fraction of sp³-hybridized carbons (Fsp3) is 0.122. The van der Waals surface area contributed by atoms with Crippen LogP contribution in [0.15, 0.2) is 133 Å². The summed E-state index contributed by atoms with van der Waals surface area (Å²) in [7, 11) is 0. The topological polar surface area (TPSA) is 25.2 Å². The number of hydrogen-bond donors (Lipinski definition) is 1. The fourth-order valence-corrected chi connectivity index (χ4v) is 7.77. The second-order valence-corrected chi connectivity index (χ2v) is 12.2. The highest BCUT2D eigenvalue weighted by Gasteiger charge is 2.29. The third-order valence-corrected chi connectivity index (χ3v) is 9.80. The molecule has 1 N–H and O–H groups in total. The predicted octanol–water partition coefficient (Wildman–Crippen LogP) is 9.92. The molecule has 2 aliphatic rings. The van der Waals surface area contributed by atoms with Crippen LogP contribution >= 0.6 is 0 Å². The first-order chi connectivity index (χ1) is 21.2. The molecule has 7 aromatic rings. The molecular formula is C41H31NO. The smallest absolute Gasteiger partial charge is 0.158 e. The Morgan fingerprint density at radius 2 is 1.28 bits per heavy atom. The van der Waals surface area contributed by atoms with Crippen LogP contribution in [0.4, 0.5) is 0 Å². The van der Waals surface area contributed by atoms with E-state index < -0.39 is 6.23 Å². The minimum Gasteiger partial charge on any atom is -0.369 e. The first kappa shape index (κ1) is 24.7. The molecule has 1 aliphatic heterocycles. The van der Waals surface area contributed by atoms with Gasteiger partial charge in [0, 0.05) is 21.9 Å². The van der Waals surface area contributed by atoms with Gasteiger partial charge in [-0.05, 0) is 94.0 Å². The van der Waals surface area contributed by atoms with Crippen LogP contribution in [-0.2, 0) is 12.8 Å². The maximum absolute atomic E-state index is 11.5. The highest BCUT2D eigenvalue weighted by Crippen LogP contribution is 2.48. The first-order valence-electron chi connectivity index (χ1n) is 15.4. The number of nitrogens with zero attached hydrogens (tertiary/aromatic N) is 1. The van der Waals surface area contributed by atoms with E-state index in [1.165, 1.54) is 55.3 Å². The van der Waals surface area contributed by atoms with Crippen molar-refractivity contribution in [3.8, 4) is 33.4 Å². The van der Waals surface area contributed by atoms with Gasteiger partial charge < -0.3 is 9.67 Å². The molecule has 0 saturated heterocycles. The molecule has 1 aliphatic carbocycles. The van der Waals surface area contributed by atoms with E-state index in [2.05, 4.69) is 132 Å². The normalized spacial score (nSPS) is 16.6. The number of benzene rings is 6. The van der Waals surface area contributed by atoms with Crippen LogP contribution in [0.3, 0.4) is 0 Å². The maximum atomic E-state index is 11.5. The molecule has 2 heteroatoms. The van der Waals surface area contributed by atoms with Gasteiger partial charge in [0.25, 0.3) is 0 Å². The summed E-state index contributed by atoms with van der Waals surface area (Å²) in [6, 6.07) is 48.4. The summed E-state index contributed by atoms with van der Waals surface area (Å²) >= 11 is 0. The van der Waals surface area contributed by atoms with Crippen LogP contribution < -0.4 is 0 Å². The highest BCUT2D eigenvalue weighted by molar-refractivity contribution is 6.15. The summed E-state index contributed by atoms with van der Waals surface area (Å²) < 4.78 is 2.12. The second-order valence-electron chi connectivity index (χ2n) is 12.2. The van der Waals surface area contributed by atoms with Gasteiger partial charge in [-0.15, -0.1) is 0 Å². The van der Waals surface area contributed by atoms with Crippen molar-refractivity contribution in [2.45, 2.75) is 31.4 Å². The van der Waals surface area contributed by atoms with Gasteiger partial charge in [-0.25, -0.2) is 0 Å². The van der Waals surface area contributed by atoms with Crippen molar-refractivity contribution < 1.29 is 5.11 Å². The van der Waals surface area contributed by atoms with Gasteiger partial charge in [-0.3, -0.25) is 0 Å². The molecule has 1 aromatic heterocycles. The average molecular weight is 554 g/mol. The molecule has 2 heterocycles. The van der Waals surface area contributed by atoms with Crippen molar-refractivity contribution in [1.82, 2.24) is 4.57 Å². The monoisotopic (exact) mass is 553 g/mol. The Bertz CT molecular complexity index is 2190. The van der Waals surface area contributed by atoms with Crippen molar-refractivity contribution in [3.05, 3.63) is 156 Å². The predicted molar refractivity (Wildman–Crippen MR) is 177 cm³/mol. The lowest BCUT2D eigenvalue weighted by atomic mass is 9.76. The van der Waals surface area contributed by atoms with Crippen LogP contribution in [0.25, 0.3) is 55.2 Å². The van der Waals surface area contributed by atoms with Crippen molar-refractivity contribution in [2.24, 2.45) is 0 Å². The lowest BCUT2D eigenvalue weighted by Gasteiger charge is -2.29. The Morgan fingerprint density at radius 1 is 0.581 bits per heavy atom. The Hall–Kier alpha value is -4.92. The van der Waals surface area contributed by atoms with Gasteiger partial charge in [0.15, 0.2) is 6.23 Å². The molecule has 6 aromatic carbocycles. The quantitative estimate of drug-likeness (QED) is 0.231. The van der Waals surface area contributed by atoms with Gasteiger partial charge in [-0.2, -0.15) is 0 Å². The van der Waals surface area contributed by atoms with Crippen molar-refractivity contribution in [2.75, 3.05) is 0 Å². The SMILES string of the molecule is OC1c2ccccc2-c2cc(-c3ccc4c(c3)-c3ccccc3C(CCc3ccccc3)C4)cc3c4ccccc4n1c23. The largest absolute Gasteiger partial charge is 0.369 e. The standard InChI is InChI=1S/C41H31NO/c43-41-35-16-7-6-14-33(35)37-24-30(25-38-34-15-8-9-17-39(34)42(41)40(37)38)27-20-21-29-22-28(19-18-26-10-2-1-3-11-26)31-12-4-5-13-32(31)36(29)23-27/h1-17,20-21,23-25,28,41,43H,18-19,22H2. The molecule has 2 atom stereocenters. The van der Waals surface area contributed by atoms with Crippen molar-refractivity contribution >= 4 is 21.8 Å². The second kappa shape index (κ2) is 9.55. The van der Waals surface area contributed by atoms with Crippen LogP contribution in [0, 0.1) is 0 Å². The Kier molecular flexibility index (Phi) is 5.48. The minimum atomic E-state index is -0.702. The Balaban J connectivity index is 1.19. The zero-order valence-electron chi connectivity index (χ0n) is 23.9. The molecular weight excluding hydrogens is 522 g/mol. The number of aryl methyl sites for hydroxylation is 1. The van der Waals surface area contributed by atoms with E-state index in [1.807, 2.05) is 6.07 Å². The Labute approximate surface area is 251 Å². The summed E-state index contributed by atoms with van der Waals surface area (Å²) in [5.74, 6) is 0.518. The molecule has 0 spiro atoms. The van der Waals surface area contributed by atoms with Crippen LogP contribution in [0.5, 0.6) is 0 Å². The number of aromatic nitrogens is 1. The van der Waals surface area contributed by atoms with Crippen LogP contribution in [0.1, 0.15) is 40.8 Å². The summed E-state index contributed by atoms with van der Waals surface area (Å²) in [6.45, 7) is 0. The summed E-state index contributed by atoms with van der Waals surface area (Å²) in [6.07, 6.45) is 2.62. The molecule has 2 nitrogen and oxygen atoms in total. The number of aliphatic hydroxyl groups excluding tert-OH is 1. The molecule has 9 rings (SSSR count). The molecule has 43 heavy (non-hydrogen) atoms. The van der Waals surface area contributed by atoms with Crippen molar-refractivity contribution in [3.63, 3.8) is 0 Å². The number of fused-ring (bicyclic) bond motifs is 8. The van der Waals surface area contributed by atoms with E-state index in [1.54, 1.807) is 0 Å². The van der Waals surface area contributed by atoms with E-state index >= 15 is 0 Å². The van der Waals surface area contributed by atoms with Gasteiger partial charge in [-0.1, -0.05) is 109 Å². The van der Waals surface area contributed by atoms with E-state index in [4.69, 9.17) is 0 Å². The van der Waals surface area contributed by atoms with Gasteiger partial charge >= 0.3 is 0 Å². The average Bonchev–Trinajstić information content (AvgIpc) is 3.41. The molecule has 0 amide bonds. The lowest BCUT2D eigenvalue weighted by molar-refractivity contribution is 0.155. The molecule has 0 fully saturated rings. The third-order valence-electron chi connectivity index (χ3n) is 9.80. The number of hydrogen-bond acceptors (Lipinski definition) is 1. The zero-order chi connectivity index (χ0) is 28.5. The van der Waals surface area contributed by atoms with Crippen LogP contribution in [-0.4, -0.2) is 9.67 Å². The van der Waals surface area contributed by atoms with Crippen LogP contribution in [0.2, 0.25) is 0 Å².